The molecule has 19 heteroatoms. The summed E-state index contributed by atoms with van der Waals surface area (Å²) >= 11 is 0. The highest BCUT2D eigenvalue weighted by atomic mass is 33.1. The van der Waals surface area contributed by atoms with Gasteiger partial charge in [-0.05, 0) is 74.9 Å². The number of amides is 3. The normalized spacial score (nSPS) is 18.3. The Morgan fingerprint density at radius 2 is 1.46 bits per heavy atom. The number of carbonyl (C=O) groups excluding carboxylic acids is 4. The minimum atomic E-state index is -1.08. The van der Waals surface area contributed by atoms with Crippen LogP contribution in [-0.4, -0.2) is 101 Å². The van der Waals surface area contributed by atoms with Crippen LogP contribution in [0.25, 0.3) is 0 Å². The molecular formula is C55H58N6O11S2. The van der Waals surface area contributed by atoms with Gasteiger partial charge in [-0.1, -0.05) is 58.0 Å². The quantitative estimate of drug-likeness (QED) is 0.0554. The molecule has 6 heterocycles. The number of aromatic nitrogens is 1. The number of nitrogens with one attached hydrogen (secondary N) is 1. The van der Waals surface area contributed by atoms with Gasteiger partial charge in [0.2, 0.25) is 0 Å². The van der Waals surface area contributed by atoms with Gasteiger partial charge in [0.1, 0.15) is 19.0 Å². The lowest BCUT2D eigenvalue weighted by molar-refractivity contribution is -0.220. The zero-order chi connectivity index (χ0) is 51.5. The van der Waals surface area contributed by atoms with Crippen molar-refractivity contribution in [2.75, 3.05) is 48.2 Å². The summed E-state index contributed by atoms with van der Waals surface area (Å²) in [7, 11) is 6.49. The Bertz CT molecular complexity index is 3010. The summed E-state index contributed by atoms with van der Waals surface area (Å²) < 4.78 is 30.8. The lowest BCUT2D eigenvalue weighted by Gasteiger charge is -2.23. The molecule has 4 aromatic carbocycles. The predicted octanol–water partition coefficient (Wildman–Crippen LogP) is 9.04. The van der Waals surface area contributed by atoms with Crippen LogP contribution < -0.4 is 38.8 Å². The highest BCUT2D eigenvalue weighted by Crippen LogP contribution is 2.44. The van der Waals surface area contributed by atoms with Gasteiger partial charge in [-0.3, -0.25) is 29.3 Å². The first-order valence-corrected chi connectivity index (χ1v) is 27.1. The summed E-state index contributed by atoms with van der Waals surface area (Å²) in [5.74, 6) is 1.68. The number of aliphatic imine (C=N–C) groups is 1. The number of methoxy groups -OCH3 is 2. The van der Waals surface area contributed by atoms with Gasteiger partial charge in [-0.15, -0.1) is 5.06 Å². The Kier molecular flexibility index (Phi) is 14.9. The number of rotatable bonds is 20. The van der Waals surface area contributed by atoms with Gasteiger partial charge >= 0.3 is 5.97 Å². The second kappa shape index (κ2) is 21.9. The van der Waals surface area contributed by atoms with Gasteiger partial charge in [0.05, 0.1) is 66.8 Å². The molecule has 0 spiro atoms. The SMILES string of the molecule is COc1cc2c(cc1OCc1cc(OCCCC(C)(C)SSCCCC(=O)ON3C(=O)CCC3O)cc(COc3cc4c(cc3OC)C(=O)N3c5ccccc5CC3CN4)n1)N=C[C@@H]1Cc3ccccc3N1C2=O. The number of pyridine rings is 1. The Morgan fingerprint density at radius 1 is 0.797 bits per heavy atom. The number of aliphatic hydroxyl groups is 1. The number of nitrogens with zero attached hydrogens (tertiary/aromatic N) is 5. The van der Waals surface area contributed by atoms with Gasteiger partial charge < -0.3 is 43.8 Å². The van der Waals surface area contributed by atoms with Crippen molar-refractivity contribution in [3.8, 4) is 28.7 Å². The number of anilines is 3. The average Bonchev–Trinajstić information content (AvgIpc) is 4.02. The van der Waals surface area contributed by atoms with Gasteiger partial charge in [0.15, 0.2) is 29.2 Å². The van der Waals surface area contributed by atoms with Crippen molar-refractivity contribution >= 4 is 74.2 Å². The minimum absolute atomic E-state index is 0.0189. The summed E-state index contributed by atoms with van der Waals surface area (Å²) in [5, 5.41) is 14.1. The Balaban J connectivity index is 0.818. The standard InChI is InChI=1S/C55H58N6O11S2/c1-55(2,74-73-20-9-15-52(64)72-61-50(62)16-17-51(61)63)18-10-19-69-39-23-35(31-70-48-27-42-40(25-46(48)67-3)53(65)59-37(29-56-42)21-33-11-5-7-13-44(33)59)58-36(24-39)32-71-49-28-43-41(26-47(49)68-4)54(66)60-38(30-57-43)22-34-12-6-8-14-45(34)60/h5-8,11-14,23-29,37-38,50,57,62H,9-10,15-22,30-32H2,1-4H3/t37-,38?,50?/m0/s1. The van der Waals surface area contributed by atoms with E-state index in [0.717, 1.165) is 46.8 Å². The number of hydroxylamine groups is 2. The largest absolute Gasteiger partial charge is 0.493 e. The average molecular weight is 1040 g/mol. The fourth-order valence-corrected chi connectivity index (χ4v) is 12.6. The van der Waals surface area contributed by atoms with Crippen LogP contribution in [0.2, 0.25) is 0 Å². The van der Waals surface area contributed by atoms with Crippen LogP contribution in [0.15, 0.2) is 89.9 Å². The highest BCUT2D eigenvalue weighted by Gasteiger charge is 2.39. The van der Waals surface area contributed by atoms with Crippen molar-refractivity contribution in [2.24, 2.45) is 4.99 Å². The van der Waals surface area contributed by atoms with Crippen LogP contribution in [0.3, 0.4) is 0 Å². The van der Waals surface area contributed by atoms with E-state index in [-0.39, 0.29) is 67.0 Å². The van der Waals surface area contributed by atoms with Crippen molar-refractivity contribution in [3.63, 3.8) is 0 Å². The van der Waals surface area contributed by atoms with Gasteiger partial charge in [-0.2, -0.15) is 0 Å². The van der Waals surface area contributed by atoms with Crippen LogP contribution in [0.5, 0.6) is 28.7 Å². The molecule has 386 valence electrons. The fourth-order valence-electron chi connectivity index (χ4n) is 9.87. The number of fused-ring (bicyclic) bond motifs is 8. The molecule has 2 unspecified atom stereocenters. The smallest absolute Gasteiger partial charge is 0.332 e. The fraction of sp³-hybridized carbons (Fsp3) is 0.382. The molecule has 1 aromatic heterocycles. The van der Waals surface area contributed by atoms with Crippen molar-refractivity contribution in [3.05, 3.63) is 119 Å². The third-order valence-electron chi connectivity index (χ3n) is 13.6. The second-order valence-electron chi connectivity index (χ2n) is 19.3. The van der Waals surface area contributed by atoms with Crippen molar-refractivity contribution in [1.29, 1.82) is 0 Å². The molecule has 1 saturated heterocycles. The maximum absolute atomic E-state index is 14.1. The summed E-state index contributed by atoms with van der Waals surface area (Å²) in [4.78, 5) is 70.8. The molecule has 0 bridgehead atoms. The van der Waals surface area contributed by atoms with E-state index in [9.17, 15) is 24.3 Å². The molecule has 0 saturated carbocycles. The van der Waals surface area contributed by atoms with Gasteiger partial charge in [-0.25, -0.2) is 4.79 Å². The first-order valence-electron chi connectivity index (χ1n) is 24.8. The molecule has 5 aliphatic rings. The van der Waals surface area contributed by atoms with E-state index in [2.05, 4.69) is 25.2 Å². The number of para-hydroxylation sites is 2. The maximum atomic E-state index is 14.1. The number of ether oxygens (including phenoxy) is 5. The van der Waals surface area contributed by atoms with Crippen molar-refractivity contribution < 1.29 is 52.8 Å². The zero-order valence-corrected chi connectivity index (χ0v) is 43.3. The number of hydrogen-bond donors (Lipinski definition) is 2. The third kappa shape index (κ3) is 10.8. The number of benzene rings is 4. The monoisotopic (exact) mass is 1040 g/mol. The van der Waals surface area contributed by atoms with E-state index < -0.39 is 12.2 Å². The number of carbonyl (C=O) groups is 4. The molecule has 17 nitrogen and oxygen atoms in total. The van der Waals surface area contributed by atoms with E-state index in [4.69, 9.17) is 38.5 Å². The number of aliphatic hydroxyl groups excluding tert-OH is 1. The molecule has 1 fully saturated rings. The predicted molar refractivity (Wildman–Crippen MR) is 283 cm³/mol. The topological polar surface area (TPSA) is 191 Å². The van der Waals surface area contributed by atoms with Gasteiger partial charge in [0, 0.05) is 84.6 Å². The van der Waals surface area contributed by atoms with Crippen LogP contribution in [0, 0.1) is 0 Å². The summed E-state index contributed by atoms with van der Waals surface area (Å²) in [6, 6.07) is 26.3. The van der Waals surface area contributed by atoms with Crippen LogP contribution >= 0.6 is 21.6 Å². The van der Waals surface area contributed by atoms with Crippen LogP contribution in [-0.2, 0) is 40.5 Å². The Hall–Kier alpha value is -6.96. The lowest BCUT2D eigenvalue weighted by Crippen LogP contribution is -2.39. The lowest BCUT2D eigenvalue weighted by atomic mass is 10.1. The molecule has 0 aliphatic carbocycles. The molecule has 3 atom stereocenters. The van der Waals surface area contributed by atoms with E-state index >= 15 is 0 Å². The molecular weight excluding hydrogens is 985 g/mol. The molecule has 74 heavy (non-hydrogen) atoms. The molecule has 5 aliphatic heterocycles. The molecule has 0 radical (unpaired) electrons. The third-order valence-corrected chi connectivity index (χ3v) is 17.0. The Labute approximate surface area is 437 Å². The van der Waals surface area contributed by atoms with E-state index in [1.165, 1.54) is 7.11 Å². The Morgan fingerprint density at radius 3 is 2.16 bits per heavy atom. The van der Waals surface area contributed by atoms with Crippen molar-refractivity contribution in [2.45, 2.75) is 101 Å². The van der Waals surface area contributed by atoms with E-state index in [0.29, 0.717) is 94.4 Å². The second-order valence-corrected chi connectivity index (χ2v) is 22.4. The van der Waals surface area contributed by atoms with E-state index in [1.54, 1.807) is 51.8 Å². The van der Waals surface area contributed by atoms with E-state index in [1.807, 2.05) is 71.8 Å². The summed E-state index contributed by atoms with van der Waals surface area (Å²) in [5.41, 5.74) is 7.18. The first-order chi connectivity index (χ1) is 35.9. The highest BCUT2D eigenvalue weighted by molar-refractivity contribution is 8.77. The van der Waals surface area contributed by atoms with Crippen molar-refractivity contribution in [1.82, 2.24) is 10.0 Å². The molecule has 5 aromatic rings. The summed E-state index contributed by atoms with van der Waals surface area (Å²) in [6.45, 7) is 5.37. The molecule has 10 rings (SSSR count). The minimum Gasteiger partial charge on any atom is -0.493 e. The zero-order valence-electron chi connectivity index (χ0n) is 41.7. The van der Waals surface area contributed by atoms with Crippen LogP contribution in [0.4, 0.5) is 22.7 Å². The first kappa shape index (κ1) is 50.6. The van der Waals surface area contributed by atoms with Crippen LogP contribution in [0.1, 0.15) is 95.6 Å². The van der Waals surface area contributed by atoms with Gasteiger partial charge in [0.25, 0.3) is 17.7 Å². The summed E-state index contributed by atoms with van der Waals surface area (Å²) in [6.07, 6.45) is 4.89. The number of hydrogen-bond acceptors (Lipinski definition) is 16. The molecule has 2 N–H and O–H groups in total. The maximum Gasteiger partial charge on any atom is 0.332 e. The molecule has 3 amide bonds.